The van der Waals surface area contributed by atoms with Crippen LogP contribution in [0.25, 0.3) is 0 Å². The van der Waals surface area contributed by atoms with Crippen LogP contribution in [0.15, 0.2) is 47.5 Å². The summed E-state index contributed by atoms with van der Waals surface area (Å²) in [6, 6.07) is 6.26. The summed E-state index contributed by atoms with van der Waals surface area (Å²) < 4.78 is 0. The zero-order chi connectivity index (χ0) is 12.0. The number of hydrogen-bond acceptors (Lipinski definition) is 2. The van der Waals surface area contributed by atoms with E-state index in [-0.39, 0.29) is 11.6 Å². The average molecular weight is 255 g/mol. The van der Waals surface area contributed by atoms with Gasteiger partial charge in [-0.25, -0.2) is 0 Å². The Morgan fingerprint density at radius 3 is 1.38 bits per heavy atom. The van der Waals surface area contributed by atoms with Gasteiger partial charge in [0, 0.05) is 22.2 Å². The number of carbonyl (C=O) groups excluding carboxylic acids is 2. The van der Waals surface area contributed by atoms with Crippen LogP contribution < -0.4 is 0 Å². The highest BCUT2D eigenvalue weighted by Crippen LogP contribution is 2.07. The van der Waals surface area contributed by atoms with E-state index in [1.54, 1.807) is 24.3 Å². The highest BCUT2D eigenvalue weighted by Gasteiger charge is 2.04. The topological polar surface area (TPSA) is 34.1 Å². The molecule has 1 rings (SSSR count). The molecule has 82 valence electrons. The van der Waals surface area contributed by atoms with Crippen LogP contribution in [0.5, 0.6) is 0 Å². The third-order valence-corrected chi connectivity index (χ3v) is 2.13. The normalized spacial score (nSPS) is 11.1. The van der Waals surface area contributed by atoms with Crippen LogP contribution >= 0.6 is 23.2 Å². The van der Waals surface area contributed by atoms with E-state index < -0.39 is 0 Å². The predicted molar refractivity (Wildman–Crippen MR) is 65.1 cm³/mol. The number of halogens is 2. The molecule has 4 heteroatoms. The van der Waals surface area contributed by atoms with Gasteiger partial charge in [-0.3, -0.25) is 9.59 Å². The van der Waals surface area contributed by atoms with Gasteiger partial charge in [-0.2, -0.15) is 0 Å². The Kier molecular flexibility index (Phi) is 4.96. The smallest absolute Gasteiger partial charge is 0.186 e. The van der Waals surface area contributed by atoms with Crippen molar-refractivity contribution in [3.05, 3.63) is 58.6 Å². The molecule has 0 aliphatic rings. The molecular weight excluding hydrogens is 247 g/mol. The van der Waals surface area contributed by atoms with Gasteiger partial charge in [0.05, 0.1) is 0 Å². The molecule has 0 saturated carbocycles. The van der Waals surface area contributed by atoms with E-state index >= 15 is 0 Å². The van der Waals surface area contributed by atoms with E-state index in [1.165, 1.54) is 12.2 Å². The minimum Gasteiger partial charge on any atom is -0.289 e. The summed E-state index contributed by atoms with van der Waals surface area (Å²) in [5.41, 5.74) is 3.25. The summed E-state index contributed by atoms with van der Waals surface area (Å²) in [7, 11) is 0. The molecule has 16 heavy (non-hydrogen) atoms. The van der Waals surface area contributed by atoms with Crippen molar-refractivity contribution in [3.63, 3.8) is 0 Å². The van der Waals surface area contributed by atoms with Crippen molar-refractivity contribution in [1.82, 2.24) is 0 Å². The van der Waals surface area contributed by atoms with E-state index in [4.69, 9.17) is 23.2 Å². The first-order chi connectivity index (χ1) is 7.69. The number of allylic oxidation sites excluding steroid dienone is 2. The maximum atomic E-state index is 11.4. The number of carbonyl (C=O) groups is 2. The van der Waals surface area contributed by atoms with Gasteiger partial charge >= 0.3 is 0 Å². The van der Waals surface area contributed by atoms with Crippen molar-refractivity contribution in [2.75, 3.05) is 0 Å². The van der Waals surface area contributed by atoms with Crippen LogP contribution in [0.4, 0.5) is 0 Å². The van der Waals surface area contributed by atoms with Crippen molar-refractivity contribution in [2.45, 2.75) is 0 Å². The Balaban J connectivity index is 2.91. The van der Waals surface area contributed by atoms with E-state index in [9.17, 15) is 9.59 Å². The summed E-state index contributed by atoms with van der Waals surface area (Å²) in [6.07, 6.45) is 2.49. The van der Waals surface area contributed by atoms with Crippen LogP contribution in [0.1, 0.15) is 20.7 Å². The summed E-state index contributed by atoms with van der Waals surface area (Å²) in [5, 5.41) is 0. The molecular formula is C12H8Cl2O2. The lowest BCUT2D eigenvalue weighted by atomic mass is 10.1. The number of rotatable bonds is 4. The number of benzene rings is 1. The number of ketones is 2. The monoisotopic (exact) mass is 254 g/mol. The predicted octanol–water partition coefficient (Wildman–Crippen LogP) is 3.56. The average Bonchev–Trinajstić information content (AvgIpc) is 2.30. The lowest BCUT2D eigenvalue weighted by molar-refractivity contribution is 0.103. The zero-order valence-electron chi connectivity index (χ0n) is 8.19. The molecule has 0 saturated heterocycles. The second kappa shape index (κ2) is 6.26. The Labute approximate surface area is 103 Å². The molecule has 0 amide bonds. The molecule has 1 aromatic carbocycles. The summed E-state index contributed by atoms with van der Waals surface area (Å²) in [6.45, 7) is 0. The SMILES string of the molecule is O=C(/C=C/Cl)c1ccc(C(=O)/C=C/Cl)cc1. The van der Waals surface area contributed by atoms with Gasteiger partial charge in [0.25, 0.3) is 0 Å². The van der Waals surface area contributed by atoms with Crippen molar-refractivity contribution in [3.8, 4) is 0 Å². The van der Waals surface area contributed by atoms with Crippen LogP contribution in [-0.2, 0) is 0 Å². The largest absolute Gasteiger partial charge is 0.289 e. The van der Waals surface area contributed by atoms with Crippen LogP contribution in [0, 0.1) is 0 Å². The van der Waals surface area contributed by atoms with Crippen molar-refractivity contribution >= 4 is 34.8 Å². The molecule has 0 heterocycles. The number of hydrogen-bond donors (Lipinski definition) is 0. The molecule has 0 aliphatic carbocycles. The second-order valence-corrected chi connectivity index (χ2v) is 3.40. The maximum Gasteiger partial charge on any atom is 0.186 e. The van der Waals surface area contributed by atoms with Gasteiger partial charge in [0.1, 0.15) is 0 Å². The van der Waals surface area contributed by atoms with Crippen molar-refractivity contribution in [2.24, 2.45) is 0 Å². The van der Waals surface area contributed by atoms with E-state index in [0.29, 0.717) is 11.1 Å². The fraction of sp³-hybridized carbons (Fsp3) is 0. The minimum atomic E-state index is -0.207. The van der Waals surface area contributed by atoms with Crippen molar-refractivity contribution < 1.29 is 9.59 Å². The third-order valence-electron chi connectivity index (χ3n) is 1.88. The first-order valence-electron chi connectivity index (χ1n) is 4.41. The van der Waals surface area contributed by atoms with Crippen LogP contribution in [0.3, 0.4) is 0 Å². The van der Waals surface area contributed by atoms with Gasteiger partial charge in [-0.05, 0) is 12.2 Å². The van der Waals surface area contributed by atoms with E-state index in [2.05, 4.69) is 0 Å². The van der Waals surface area contributed by atoms with Gasteiger partial charge < -0.3 is 0 Å². The summed E-state index contributed by atoms with van der Waals surface area (Å²) in [4.78, 5) is 22.7. The van der Waals surface area contributed by atoms with E-state index in [1.807, 2.05) is 0 Å². The summed E-state index contributed by atoms with van der Waals surface area (Å²) >= 11 is 10.6. The van der Waals surface area contributed by atoms with E-state index in [0.717, 1.165) is 11.1 Å². The molecule has 0 atom stereocenters. The molecule has 0 radical (unpaired) electrons. The Morgan fingerprint density at radius 2 is 1.12 bits per heavy atom. The lowest BCUT2D eigenvalue weighted by Crippen LogP contribution is -1.97. The second-order valence-electron chi connectivity index (χ2n) is 2.89. The first-order valence-corrected chi connectivity index (χ1v) is 5.28. The van der Waals surface area contributed by atoms with Gasteiger partial charge in [-0.1, -0.05) is 47.5 Å². The van der Waals surface area contributed by atoms with Gasteiger partial charge in [-0.15, -0.1) is 0 Å². The fourth-order valence-electron chi connectivity index (χ4n) is 1.11. The molecule has 2 nitrogen and oxygen atoms in total. The molecule has 0 aromatic heterocycles. The first kappa shape index (κ1) is 12.7. The quantitative estimate of drug-likeness (QED) is 0.609. The standard InChI is InChI=1S/C12H8Cl2O2/c13-7-5-11(15)9-1-2-10(4-3-9)12(16)6-8-14/h1-8H/b7-5+,8-6+. The minimum absolute atomic E-state index is 0.207. The molecule has 0 aliphatic heterocycles. The molecule has 0 unspecified atom stereocenters. The highest BCUT2D eigenvalue weighted by atomic mass is 35.5. The summed E-state index contributed by atoms with van der Waals surface area (Å²) in [5.74, 6) is -0.413. The molecule has 0 fully saturated rings. The van der Waals surface area contributed by atoms with Gasteiger partial charge in [0.2, 0.25) is 0 Å². The Morgan fingerprint density at radius 1 is 0.812 bits per heavy atom. The van der Waals surface area contributed by atoms with Gasteiger partial charge in [0.15, 0.2) is 11.6 Å². The Bertz CT molecular complexity index is 402. The van der Waals surface area contributed by atoms with Crippen LogP contribution in [0.2, 0.25) is 0 Å². The van der Waals surface area contributed by atoms with Crippen LogP contribution in [-0.4, -0.2) is 11.6 Å². The highest BCUT2D eigenvalue weighted by molar-refractivity contribution is 6.28. The molecule has 0 spiro atoms. The maximum absolute atomic E-state index is 11.4. The Hall–Kier alpha value is -1.38. The zero-order valence-corrected chi connectivity index (χ0v) is 9.70. The molecule has 0 bridgehead atoms. The molecule has 0 N–H and O–H groups in total. The molecule has 1 aromatic rings. The lowest BCUT2D eigenvalue weighted by Gasteiger charge is -1.98. The fourth-order valence-corrected chi connectivity index (χ4v) is 1.33. The van der Waals surface area contributed by atoms with Crippen molar-refractivity contribution in [1.29, 1.82) is 0 Å². The third kappa shape index (κ3) is 3.33.